The van der Waals surface area contributed by atoms with E-state index in [4.69, 9.17) is 4.74 Å². The van der Waals surface area contributed by atoms with Gasteiger partial charge in [-0.25, -0.2) is 9.97 Å². The standard InChI is InChI=1S/C27H28N4O2S/c1-5-33-22-13-11-20(12-14-22)24(30-27-28-17(2)15-18(3)29-27)23-16-19(4)34-26(23)31-25(32)21-9-7-6-8-10-21/h6-16,24H,5H2,1-4H3,(H,31,32)(H,28,29,30)/t24-/m0/s1. The Labute approximate surface area is 204 Å². The first-order valence-electron chi connectivity index (χ1n) is 11.2. The fourth-order valence-corrected chi connectivity index (χ4v) is 4.74. The monoisotopic (exact) mass is 472 g/mol. The largest absolute Gasteiger partial charge is 0.494 e. The van der Waals surface area contributed by atoms with Crippen molar-refractivity contribution in [1.29, 1.82) is 0 Å². The molecule has 2 aromatic carbocycles. The summed E-state index contributed by atoms with van der Waals surface area (Å²) in [4.78, 5) is 23.2. The van der Waals surface area contributed by atoms with E-state index in [0.29, 0.717) is 18.1 Å². The minimum atomic E-state index is -0.270. The summed E-state index contributed by atoms with van der Waals surface area (Å²) in [7, 11) is 0. The number of nitrogens with one attached hydrogen (secondary N) is 2. The normalized spacial score (nSPS) is 11.6. The molecule has 4 aromatic rings. The van der Waals surface area contributed by atoms with E-state index in [-0.39, 0.29) is 11.9 Å². The van der Waals surface area contributed by atoms with Crippen molar-refractivity contribution in [3.05, 3.63) is 99.7 Å². The second kappa shape index (κ2) is 10.5. The number of amides is 1. The quantitative estimate of drug-likeness (QED) is 0.314. The van der Waals surface area contributed by atoms with Crippen LogP contribution in [0.4, 0.5) is 10.9 Å². The Morgan fingerprint density at radius 3 is 2.29 bits per heavy atom. The van der Waals surface area contributed by atoms with Gasteiger partial charge >= 0.3 is 0 Å². The lowest BCUT2D eigenvalue weighted by atomic mass is 10.00. The Kier molecular flexibility index (Phi) is 7.23. The van der Waals surface area contributed by atoms with Gasteiger partial charge in [-0.3, -0.25) is 4.79 Å². The topological polar surface area (TPSA) is 76.1 Å². The van der Waals surface area contributed by atoms with E-state index in [0.717, 1.165) is 38.1 Å². The number of rotatable bonds is 8. The lowest BCUT2D eigenvalue weighted by Crippen LogP contribution is -2.18. The summed E-state index contributed by atoms with van der Waals surface area (Å²) in [5, 5.41) is 7.41. The predicted molar refractivity (Wildman–Crippen MR) is 138 cm³/mol. The number of aryl methyl sites for hydroxylation is 3. The molecule has 2 heterocycles. The maximum absolute atomic E-state index is 12.9. The number of benzene rings is 2. The Balaban J connectivity index is 1.73. The van der Waals surface area contributed by atoms with E-state index in [9.17, 15) is 4.79 Å². The molecule has 4 rings (SSSR count). The van der Waals surface area contributed by atoms with Crippen molar-refractivity contribution in [2.75, 3.05) is 17.2 Å². The lowest BCUT2D eigenvalue weighted by Gasteiger charge is -2.21. The minimum absolute atomic E-state index is 0.142. The van der Waals surface area contributed by atoms with Gasteiger partial charge < -0.3 is 15.4 Å². The van der Waals surface area contributed by atoms with Crippen molar-refractivity contribution in [3.8, 4) is 5.75 Å². The Bertz CT molecular complexity index is 1250. The summed E-state index contributed by atoms with van der Waals surface area (Å²) >= 11 is 1.55. The van der Waals surface area contributed by atoms with Crippen LogP contribution < -0.4 is 15.4 Å². The Morgan fingerprint density at radius 2 is 1.65 bits per heavy atom. The van der Waals surface area contributed by atoms with Crippen LogP contribution in [0.1, 0.15) is 50.7 Å². The first-order chi connectivity index (χ1) is 16.4. The van der Waals surface area contributed by atoms with Crippen LogP contribution in [0.5, 0.6) is 5.75 Å². The molecule has 2 N–H and O–H groups in total. The van der Waals surface area contributed by atoms with Crippen molar-refractivity contribution < 1.29 is 9.53 Å². The molecule has 34 heavy (non-hydrogen) atoms. The summed E-state index contributed by atoms with van der Waals surface area (Å²) in [6.07, 6.45) is 0. The molecule has 0 fully saturated rings. The first-order valence-corrected chi connectivity index (χ1v) is 12.0. The molecular weight excluding hydrogens is 444 g/mol. The van der Waals surface area contributed by atoms with E-state index in [2.05, 4.69) is 26.7 Å². The average Bonchev–Trinajstić information content (AvgIpc) is 3.18. The summed E-state index contributed by atoms with van der Waals surface area (Å²) in [6, 6.07) is 21.0. The molecule has 0 aliphatic rings. The van der Waals surface area contributed by atoms with Gasteiger partial charge in [0.05, 0.1) is 12.6 Å². The number of carbonyl (C=O) groups excluding carboxylic acids is 1. The van der Waals surface area contributed by atoms with Crippen LogP contribution in [0.15, 0.2) is 66.7 Å². The smallest absolute Gasteiger partial charge is 0.256 e. The zero-order valence-corrected chi connectivity index (χ0v) is 20.6. The highest BCUT2D eigenvalue weighted by molar-refractivity contribution is 7.16. The molecule has 7 heteroatoms. The van der Waals surface area contributed by atoms with Crippen LogP contribution >= 0.6 is 11.3 Å². The van der Waals surface area contributed by atoms with Crippen LogP contribution in [0, 0.1) is 20.8 Å². The fourth-order valence-electron chi connectivity index (χ4n) is 3.79. The van der Waals surface area contributed by atoms with Crippen molar-refractivity contribution >= 4 is 28.2 Å². The van der Waals surface area contributed by atoms with Crippen LogP contribution in [0.25, 0.3) is 0 Å². The molecule has 0 bridgehead atoms. The Hall–Kier alpha value is -3.71. The van der Waals surface area contributed by atoms with Gasteiger partial charge in [0.25, 0.3) is 5.91 Å². The van der Waals surface area contributed by atoms with E-state index < -0.39 is 0 Å². The third kappa shape index (κ3) is 5.61. The lowest BCUT2D eigenvalue weighted by molar-refractivity contribution is 0.102. The van der Waals surface area contributed by atoms with Crippen LogP contribution in [-0.2, 0) is 0 Å². The predicted octanol–water partition coefficient (Wildman–Crippen LogP) is 6.32. The van der Waals surface area contributed by atoms with Gasteiger partial charge in [0.2, 0.25) is 5.95 Å². The third-order valence-electron chi connectivity index (χ3n) is 5.24. The number of aromatic nitrogens is 2. The number of hydrogen-bond donors (Lipinski definition) is 2. The second-order valence-electron chi connectivity index (χ2n) is 8.02. The maximum atomic E-state index is 12.9. The summed E-state index contributed by atoms with van der Waals surface area (Å²) in [6.45, 7) is 8.51. The molecule has 0 unspecified atom stereocenters. The van der Waals surface area contributed by atoms with E-state index in [1.165, 1.54) is 0 Å². The number of thiophene rings is 1. The highest BCUT2D eigenvalue weighted by Gasteiger charge is 2.23. The molecule has 1 atom stereocenters. The highest BCUT2D eigenvalue weighted by atomic mass is 32.1. The number of anilines is 2. The SMILES string of the molecule is CCOc1ccc([C@H](Nc2nc(C)cc(C)n2)c2cc(C)sc2NC(=O)c2ccccc2)cc1. The van der Waals surface area contributed by atoms with Gasteiger partial charge in [-0.1, -0.05) is 30.3 Å². The molecule has 0 saturated heterocycles. The zero-order valence-electron chi connectivity index (χ0n) is 19.8. The number of nitrogens with zero attached hydrogens (tertiary/aromatic N) is 2. The van der Waals surface area contributed by atoms with E-state index >= 15 is 0 Å². The molecule has 0 radical (unpaired) electrons. The summed E-state index contributed by atoms with van der Waals surface area (Å²) in [5.41, 5.74) is 4.36. The third-order valence-corrected chi connectivity index (χ3v) is 6.22. The molecule has 0 spiro atoms. The number of ether oxygens (including phenoxy) is 1. The van der Waals surface area contributed by atoms with Gasteiger partial charge in [0, 0.05) is 27.4 Å². The first kappa shape index (κ1) is 23.4. The maximum Gasteiger partial charge on any atom is 0.256 e. The van der Waals surface area contributed by atoms with Crippen molar-refractivity contribution in [3.63, 3.8) is 0 Å². The molecule has 0 aliphatic carbocycles. The van der Waals surface area contributed by atoms with Gasteiger partial charge in [0.15, 0.2) is 0 Å². The van der Waals surface area contributed by atoms with Crippen molar-refractivity contribution in [1.82, 2.24) is 9.97 Å². The Morgan fingerprint density at radius 1 is 0.971 bits per heavy atom. The van der Waals surface area contributed by atoms with Gasteiger partial charge in [-0.2, -0.15) is 0 Å². The molecule has 2 aromatic heterocycles. The number of hydrogen-bond acceptors (Lipinski definition) is 6. The molecular formula is C27H28N4O2S. The molecule has 6 nitrogen and oxygen atoms in total. The average molecular weight is 473 g/mol. The molecule has 0 aliphatic heterocycles. The number of carbonyl (C=O) groups is 1. The van der Waals surface area contributed by atoms with Crippen LogP contribution in [-0.4, -0.2) is 22.5 Å². The highest BCUT2D eigenvalue weighted by Crippen LogP contribution is 2.38. The second-order valence-corrected chi connectivity index (χ2v) is 9.27. The zero-order chi connectivity index (χ0) is 24.1. The molecule has 1 amide bonds. The van der Waals surface area contributed by atoms with E-state index in [1.807, 2.05) is 76.2 Å². The fraction of sp³-hybridized carbons (Fsp3) is 0.222. The van der Waals surface area contributed by atoms with Gasteiger partial charge in [-0.15, -0.1) is 11.3 Å². The summed E-state index contributed by atoms with van der Waals surface area (Å²) < 4.78 is 5.63. The van der Waals surface area contributed by atoms with Gasteiger partial charge in [-0.05, 0) is 69.7 Å². The van der Waals surface area contributed by atoms with E-state index in [1.54, 1.807) is 23.5 Å². The van der Waals surface area contributed by atoms with Crippen LogP contribution in [0.3, 0.4) is 0 Å². The minimum Gasteiger partial charge on any atom is -0.494 e. The van der Waals surface area contributed by atoms with Crippen molar-refractivity contribution in [2.45, 2.75) is 33.7 Å². The summed E-state index contributed by atoms with van der Waals surface area (Å²) in [5.74, 6) is 1.21. The molecule has 0 saturated carbocycles. The van der Waals surface area contributed by atoms with Gasteiger partial charge in [0.1, 0.15) is 10.8 Å². The molecule has 174 valence electrons. The van der Waals surface area contributed by atoms with Crippen LogP contribution in [0.2, 0.25) is 0 Å². The van der Waals surface area contributed by atoms with Crippen molar-refractivity contribution in [2.24, 2.45) is 0 Å².